The van der Waals surface area contributed by atoms with E-state index >= 15 is 0 Å². The van der Waals surface area contributed by atoms with Gasteiger partial charge in [-0.25, -0.2) is 0 Å². The Labute approximate surface area is 305 Å². The van der Waals surface area contributed by atoms with Gasteiger partial charge in [0, 0.05) is 57.9 Å². The largest absolute Gasteiger partial charge is 0.507 e. The minimum atomic E-state index is -1.71. The third kappa shape index (κ3) is 5.26. The van der Waals surface area contributed by atoms with E-state index < -0.39 is 101 Å². The van der Waals surface area contributed by atoms with Gasteiger partial charge in [0.15, 0.2) is 12.1 Å². The predicted octanol–water partition coefficient (Wildman–Crippen LogP) is 0.951. The minimum absolute atomic E-state index is 0.00468. The van der Waals surface area contributed by atoms with Crippen LogP contribution in [0.4, 0.5) is 0 Å². The van der Waals surface area contributed by atoms with Crippen molar-refractivity contribution in [3.63, 3.8) is 0 Å². The normalized spacial score (nSPS) is 38.6. The summed E-state index contributed by atoms with van der Waals surface area (Å²) >= 11 is 0. The number of aliphatic hydroxyl groups excluding tert-OH is 2. The Morgan fingerprint density at radius 3 is 2.28 bits per heavy atom. The van der Waals surface area contributed by atoms with Gasteiger partial charge in [0.1, 0.15) is 52.9 Å². The topological polar surface area (TPSA) is 220 Å². The van der Waals surface area contributed by atoms with Crippen LogP contribution in [0.3, 0.4) is 0 Å². The molecule has 2 fully saturated rings. The zero-order valence-corrected chi connectivity index (χ0v) is 30.6. The van der Waals surface area contributed by atoms with Gasteiger partial charge in [0.05, 0.1) is 40.5 Å². The quantitative estimate of drug-likeness (QED) is 0.213. The molecule has 2 aromatic rings. The summed E-state index contributed by atoms with van der Waals surface area (Å²) in [5.74, 6) is -3.13. The molecular weight excluding hydrogens is 698 g/mol. The molecule has 53 heavy (non-hydrogen) atoms. The van der Waals surface area contributed by atoms with Crippen LogP contribution in [-0.2, 0) is 45.2 Å². The molecule has 12 atom stereocenters. The molecule has 16 nitrogen and oxygen atoms in total. The van der Waals surface area contributed by atoms with Crippen molar-refractivity contribution in [2.45, 2.75) is 113 Å². The number of phenolic OH excluding ortho intramolecular Hbond substituents is 2. The first-order valence-corrected chi connectivity index (χ1v) is 17.3. The van der Waals surface area contributed by atoms with Crippen LogP contribution in [0.1, 0.15) is 88.8 Å². The number of methoxy groups -OCH3 is 3. The monoisotopic (exact) mass is 743 g/mol. The number of ketones is 2. The summed E-state index contributed by atoms with van der Waals surface area (Å²) < 4.78 is 42.0. The number of aromatic hydroxyl groups is 2. The summed E-state index contributed by atoms with van der Waals surface area (Å²) in [4.78, 5) is 41.6. The van der Waals surface area contributed by atoms with Gasteiger partial charge in [-0.3, -0.25) is 14.4 Å². The van der Waals surface area contributed by atoms with Crippen molar-refractivity contribution in [2.24, 2.45) is 0 Å². The third-order valence-corrected chi connectivity index (χ3v) is 11.8. The molecule has 2 saturated heterocycles. The van der Waals surface area contributed by atoms with E-state index in [9.17, 15) is 39.9 Å². The van der Waals surface area contributed by atoms with Crippen LogP contribution in [0.2, 0.25) is 0 Å². The first kappa shape index (κ1) is 37.6. The SMILES string of the molecule is CO[C@H]1[C@H](O[C@H]2C[C@](C)(O)Cc3cc4c(c(O)c32)C(=O)c2c(O)cc3c(c2C4=O)O[C@@H]2O[C@@]3(C)[C@H](O)[C@@H](N(C)C=O)[C@@H]2O)O[C@@H](C)[C@H](OC)[C@@]1(C)OC. The Kier molecular flexibility index (Phi) is 8.99. The van der Waals surface area contributed by atoms with Gasteiger partial charge < -0.3 is 63.6 Å². The van der Waals surface area contributed by atoms with Crippen LogP contribution in [0.15, 0.2) is 12.1 Å². The smallest absolute Gasteiger partial charge is 0.229 e. The van der Waals surface area contributed by atoms with Crippen molar-refractivity contribution in [3.8, 4) is 17.2 Å². The van der Waals surface area contributed by atoms with Crippen LogP contribution in [0.5, 0.6) is 17.2 Å². The molecule has 5 N–H and O–H groups in total. The Morgan fingerprint density at radius 2 is 1.66 bits per heavy atom. The Hall–Kier alpha value is -3.71. The number of benzene rings is 2. The lowest BCUT2D eigenvalue weighted by molar-refractivity contribution is -0.345. The van der Waals surface area contributed by atoms with Crippen molar-refractivity contribution in [1.29, 1.82) is 0 Å². The first-order valence-electron chi connectivity index (χ1n) is 17.3. The molecule has 2 bridgehead atoms. The molecule has 3 aliphatic heterocycles. The zero-order valence-electron chi connectivity index (χ0n) is 30.6. The molecule has 0 radical (unpaired) electrons. The lowest BCUT2D eigenvalue weighted by Gasteiger charge is -2.53. The third-order valence-electron chi connectivity index (χ3n) is 11.8. The van der Waals surface area contributed by atoms with E-state index in [1.807, 2.05) is 0 Å². The standard InChI is InChI=1S/C37H45NO15/c1-14-31(47-6)37(4,49-8)32(48-7)34(50-14)51-19-12-35(2,46)11-15-9-16-21(26(42)20(15)19)27(43)22-18(40)10-17-29(23(22)25(16)41)52-33-28(44)24(38(5)13-39)30(45)36(17,3)53-33/h9-10,13-14,19,24,28,30-34,40,42,44-46H,11-12H2,1-8H3/t14-,19-,24-,28-,30+,31-,32-,33+,34-,35+,36+,37+/m0/s1. The summed E-state index contributed by atoms with van der Waals surface area (Å²) in [7, 11) is 5.86. The summed E-state index contributed by atoms with van der Waals surface area (Å²) in [5, 5.41) is 57.3. The summed E-state index contributed by atoms with van der Waals surface area (Å²) in [6, 6.07) is 1.36. The molecular formula is C37H45NO15. The maximum Gasteiger partial charge on any atom is 0.229 e. The number of rotatable bonds is 7. The van der Waals surface area contributed by atoms with Gasteiger partial charge in [0.25, 0.3) is 0 Å². The molecule has 1 amide bonds. The number of fused-ring (bicyclic) bond motifs is 8. The van der Waals surface area contributed by atoms with E-state index in [1.54, 1.807) is 20.8 Å². The minimum Gasteiger partial charge on any atom is -0.507 e. The first-order chi connectivity index (χ1) is 24.9. The van der Waals surface area contributed by atoms with E-state index in [-0.39, 0.29) is 46.4 Å². The predicted molar refractivity (Wildman–Crippen MR) is 180 cm³/mol. The second kappa shape index (κ2) is 12.7. The molecule has 2 aliphatic carbocycles. The Bertz CT molecular complexity index is 1880. The maximum absolute atomic E-state index is 14.5. The van der Waals surface area contributed by atoms with E-state index in [0.717, 1.165) is 11.0 Å². The van der Waals surface area contributed by atoms with Crippen molar-refractivity contribution < 1.29 is 73.1 Å². The van der Waals surface area contributed by atoms with E-state index in [2.05, 4.69) is 0 Å². The fourth-order valence-corrected chi connectivity index (χ4v) is 9.14. The fraction of sp³-hybridized carbons (Fsp3) is 0.595. The highest BCUT2D eigenvalue weighted by Crippen LogP contribution is 2.55. The molecule has 0 saturated carbocycles. The number of hydrogen-bond acceptors (Lipinski definition) is 15. The summed E-state index contributed by atoms with van der Waals surface area (Å²) in [6.45, 7) is 6.62. The van der Waals surface area contributed by atoms with Gasteiger partial charge in [-0.2, -0.15) is 0 Å². The second-order valence-electron chi connectivity index (χ2n) is 15.2. The van der Waals surface area contributed by atoms with Gasteiger partial charge in [0.2, 0.25) is 18.5 Å². The number of likely N-dealkylation sites (N-methyl/N-ethyl adjacent to an activating group) is 1. The number of carbonyl (C=O) groups excluding carboxylic acids is 3. The van der Waals surface area contributed by atoms with Crippen molar-refractivity contribution in [2.75, 3.05) is 28.4 Å². The molecule has 288 valence electrons. The number of nitrogens with zero attached hydrogens (tertiary/aromatic N) is 1. The van der Waals surface area contributed by atoms with Gasteiger partial charge in [-0.05, 0) is 45.4 Å². The number of aliphatic hydroxyl groups is 3. The molecule has 2 aromatic carbocycles. The van der Waals surface area contributed by atoms with Crippen molar-refractivity contribution in [1.82, 2.24) is 4.90 Å². The number of phenols is 2. The number of ether oxygens (including phenoxy) is 7. The molecule has 0 unspecified atom stereocenters. The molecule has 5 aliphatic rings. The lowest BCUT2D eigenvalue weighted by Crippen LogP contribution is -2.68. The van der Waals surface area contributed by atoms with Crippen LogP contribution in [-0.4, -0.2) is 137 Å². The Morgan fingerprint density at radius 1 is 0.981 bits per heavy atom. The van der Waals surface area contributed by atoms with Crippen molar-refractivity contribution >= 4 is 18.0 Å². The molecule has 0 spiro atoms. The molecule has 16 heteroatoms. The van der Waals surface area contributed by atoms with Crippen LogP contribution >= 0.6 is 0 Å². The van der Waals surface area contributed by atoms with E-state index in [4.69, 9.17) is 33.2 Å². The zero-order chi connectivity index (χ0) is 38.7. The molecule has 0 aromatic heterocycles. The summed E-state index contributed by atoms with van der Waals surface area (Å²) in [6.07, 6.45) is -8.36. The Balaban J connectivity index is 1.33. The maximum atomic E-state index is 14.5. The average molecular weight is 744 g/mol. The van der Waals surface area contributed by atoms with Gasteiger partial charge >= 0.3 is 0 Å². The van der Waals surface area contributed by atoms with Gasteiger partial charge in [-0.15, -0.1) is 0 Å². The van der Waals surface area contributed by atoms with Crippen LogP contribution in [0, 0.1) is 0 Å². The number of amides is 1. The number of carbonyl (C=O) groups is 3. The van der Waals surface area contributed by atoms with E-state index in [1.165, 1.54) is 41.4 Å². The van der Waals surface area contributed by atoms with Crippen LogP contribution in [0.25, 0.3) is 0 Å². The summed E-state index contributed by atoms with van der Waals surface area (Å²) in [5.41, 5.74) is -5.11. The molecule has 3 heterocycles. The fourth-order valence-electron chi connectivity index (χ4n) is 9.14. The number of hydrogen-bond donors (Lipinski definition) is 5. The van der Waals surface area contributed by atoms with Gasteiger partial charge in [-0.1, -0.05) is 0 Å². The van der Waals surface area contributed by atoms with Crippen LogP contribution < -0.4 is 4.74 Å². The lowest BCUT2D eigenvalue weighted by atomic mass is 9.72. The highest BCUT2D eigenvalue weighted by molar-refractivity contribution is 6.31. The van der Waals surface area contributed by atoms with E-state index in [0.29, 0.717) is 12.0 Å². The highest BCUT2D eigenvalue weighted by atomic mass is 16.7. The molecule has 7 rings (SSSR count). The second-order valence-corrected chi connectivity index (χ2v) is 15.2. The average Bonchev–Trinajstić information content (AvgIpc) is 3.09. The van der Waals surface area contributed by atoms with Crippen molar-refractivity contribution in [3.05, 3.63) is 51.1 Å². The highest BCUT2D eigenvalue weighted by Gasteiger charge is 2.60.